The molecule has 0 aliphatic heterocycles. The van der Waals surface area contributed by atoms with Gasteiger partial charge in [-0.05, 0) is 544 Å². The molecule has 0 aromatic heterocycles. The number of hydrogen-bond acceptors (Lipinski definition) is 0. The zero-order valence-electron chi connectivity index (χ0n) is 97.9. The van der Waals surface area contributed by atoms with Gasteiger partial charge in [0.15, 0.2) is 17.5 Å². The number of rotatable bonds is 32. The van der Waals surface area contributed by atoms with Crippen molar-refractivity contribution in [2.24, 2.45) is 130 Å². The van der Waals surface area contributed by atoms with Gasteiger partial charge in [0.2, 0.25) is 0 Å². The molecular formula is C145H223F5. The van der Waals surface area contributed by atoms with E-state index in [-0.39, 0.29) is 11.6 Å². The molecule has 0 nitrogen and oxygen atoms in total. The van der Waals surface area contributed by atoms with Gasteiger partial charge in [0.25, 0.3) is 0 Å². The Morgan fingerprint density at radius 3 is 0.760 bits per heavy atom. The van der Waals surface area contributed by atoms with Crippen LogP contribution in [-0.2, 0) is 0 Å². The molecule has 838 valence electrons. The second-order valence-electron chi connectivity index (χ2n) is 53.9. The lowest BCUT2D eigenvalue weighted by Gasteiger charge is -2.38. The van der Waals surface area contributed by atoms with Crippen LogP contribution in [0, 0.1) is 166 Å². The number of unbranched alkanes of at least 4 members (excludes halogenated alkanes) is 3. The van der Waals surface area contributed by atoms with Crippen LogP contribution < -0.4 is 0 Å². The summed E-state index contributed by atoms with van der Waals surface area (Å²) in [6.07, 6.45) is 110. The van der Waals surface area contributed by atoms with Gasteiger partial charge >= 0.3 is 0 Å². The summed E-state index contributed by atoms with van der Waals surface area (Å²) in [4.78, 5) is 0. The number of hydrogen-bond donors (Lipinski definition) is 0. The molecule has 0 bridgehead atoms. The number of aryl methyl sites for hydroxylation is 1. The predicted molar refractivity (Wildman–Crippen MR) is 636 cm³/mol. The van der Waals surface area contributed by atoms with Gasteiger partial charge in [-0.3, -0.25) is 0 Å². The minimum Gasteiger partial charge on any atom is -0.207 e. The zero-order chi connectivity index (χ0) is 105. The Morgan fingerprint density at radius 2 is 0.473 bits per heavy atom. The summed E-state index contributed by atoms with van der Waals surface area (Å²) in [5.74, 6) is 21.4. The van der Waals surface area contributed by atoms with E-state index in [9.17, 15) is 13.2 Å². The SMILES string of the molecule is C/C=C/C1CCC(C2CCC(CCC)CC2)CC1.C=CC1CCC(C2CCC(CCC)CC2)CC1.C=CC1CCC(C2CCC(c3ccc(C)cc3)CC2)CC1.CCCC1CCC(C2CCC(c3ccc(C4CCC(CC)CC4)cc3F)CC2)CC1.CCCCC1CCC(C2CCC(c3ccc(-c4cc(F)c(F)c(F)c4)cc3)CC2)CC1.CCCCCC1CCC(C2CCC(c3ccc(C4CCC(CCC)CC4)cc3F)CC2)CC1. The minimum absolute atomic E-state index is 0.0913. The van der Waals surface area contributed by atoms with Crippen LogP contribution in [-0.4, -0.2) is 0 Å². The standard InChI is InChI=1S/C32H51F.C29H45F.C28H35F3.C21H30.C18H32.C17H30/c1-3-5-6-8-25-11-13-26(14-12-25)27-17-19-29(20-18-27)31-22-21-30(23-32(31)33)28-15-9-24(7-4-2)10-16-28;1-3-5-22-8-12-23(13-9-22)24-14-16-26(17-15-24)28-19-18-27(20-29(28)30)25-10-6-21(4-2)7-11-25;1-2-3-4-19-5-7-20(8-6-19)21-9-11-22(12-10-21)23-13-15-24(16-14-23)25-17-26(29)28(31)27(30)18-25;1-3-17-6-10-19(11-7-17)21-14-12-20(13-15-21)18-8-4-16(2)5-9-18;1-3-5-15-7-11-17(12-8-15)18-13-9-16(6-4-2)10-14-18;1-3-5-15-8-12-17(13-9-15)16-10-6-14(4-2)7-11-16/h21-29H,3-20H2,1-2H3;18-26H,3-17H2,1-2H3;13-22H,2-12H2,1H3;3-5,8-9,17,19-21H,1,6-7,10-15H2,2H3;3,5,15-18H,4,6-14H2,1-2H3;4,14-17H,2-3,5-13H2,1H3/b;;;;5-3+;. The topological polar surface area (TPSA) is 0 Å². The zero-order valence-corrected chi connectivity index (χ0v) is 97.9. The van der Waals surface area contributed by atoms with E-state index in [0.717, 1.165) is 165 Å². The molecule has 0 atom stereocenters. The van der Waals surface area contributed by atoms with Gasteiger partial charge < -0.3 is 0 Å². The quantitative estimate of drug-likeness (QED) is 0.0174. The van der Waals surface area contributed by atoms with Crippen LogP contribution in [0.4, 0.5) is 22.0 Å². The molecular weight excluding hydrogens is 1840 g/mol. The molecule has 0 unspecified atom stereocenters. The molecule has 0 amide bonds. The van der Waals surface area contributed by atoms with Crippen LogP contribution in [0.1, 0.15) is 592 Å². The van der Waals surface area contributed by atoms with E-state index in [4.69, 9.17) is 0 Å². The lowest BCUT2D eigenvalue weighted by molar-refractivity contribution is 0.152. The molecule has 14 aliphatic rings. The van der Waals surface area contributed by atoms with E-state index >= 15 is 8.78 Å². The summed E-state index contributed by atoms with van der Waals surface area (Å²) < 4.78 is 70.6. The lowest BCUT2D eigenvalue weighted by atomic mass is 9.68. The highest BCUT2D eigenvalue weighted by atomic mass is 19.2. The van der Waals surface area contributed by atoms with Crippen molar-refractivity contribution in [3.8, 4) is 11.1 Å². The maximum atomic E-state index is 15.2. The van der Waals surface area contributed by atoms with Crippen molar-refractivity contribution >= 4 is 0 Å². The second-order valence-corrected chi connectivity index (χ2v) is 53.9. The van der Waals surface area contributed by atoms with Crippen LogP contribution in [0.15, 0.2) is 135 Å². The molecule has 0 N–H and O–H groups in total. The van der Waals surface area contributed by atoms with E-state index in [1.54, 1.807) is 18.4 Å². The number of halogens is 5. The summed E-state index contributed by atoms with van der Waals surface area (Å²) in [6.45, 7) is 28.5. The third-order valence-corrected chi connectivity index (χ3v) is 44.5. The van der Waals surface area contributed by atoms with Crippen molar-refractivity contribution in [3.63, 3.8) is 0 Å². The fourth-order valence-corrected chi connectivity index (χ4v) is 34.4. The van der Waals surface area contributed by atoms with Crippen LogP contribution >= 0.6 is 0 Å². The Labute approximate surface area is 919 Å². The van der Waals surface area contributed by atoms with Crippen LogP contribution in [0.5, 0.6) is 0 Å². The highest BCUT2D eigenvalue weighted by Crippen LogP contribution is 2.54. The maximum absolute atomic E-state index is 15.2. The first-order valence-corrected chi connectivity index (χ1v) is 66.1. The van der Waals surface area contributed by atoms with Crippen LogP contribution in [0.2, 0.25) is 0 Å². The smallest absolute Gasteiger partial charge is 0.194 e. The highest BCUT2D eigenvalue weighted by molar-refractivity contribution is 5.64. The molecule has 14 fully saturated rings. The minimum atomic E-state index is -1.41. The third-order valence-electron chi connectivity index (χ3n) is 44.5. The van der Waals surface area contributed by atoms with E-state index in [1.165, 1.54) is 472 Å². The van der Waals surface area contributed by atoms with Crippen molar-refractivity contribution in [2.45, 2.75) is 560 Å². The first-order valence-electron chi connectivity index (χ1n) is 66.1. The van der Waals surface area contributed by atoms with E-state index in [1.807, 2.05) is 24.3 Å². The summed E-state index contributed by atoms with van der Waals surface area (Å²) in [6, 6.07) is 32.1. The first kappa shape index (κ1) is 120. The molecule has 0 radical (unpaired) electrons. The van der Waals surface area contributed by atoms with Gasteiger partial charge in [-0.1, -0.05) is 318 Å². The fraction of sp³-hybridized carbons (Fsp3) is 0.752. The van der Waals surface area contributed by atoms with Gasteiger partial charge in [-0.15, -0.1) is 13.2 Å². The molecule has 150 heavy (non-hydrogen) atoms. The normalized spacial score (nSPS) is 33.6. The molecule has 5 aromatic rings. The Balaban J connectivity index is 0.000000144. The average molecular weight is 2060 g/mol. The van der Waals surface area contributed by atoms with Crippen LogP contribution in [0.3, 0.4) is 0 Å². The summed E-state index contributed by atoms with van der Waals surface area (Å²) in [5.41, 5.74) is 9.95. The van der Waals surface area contributed by atoms with Gasteiger partial charge in [-0.2, -0.15) is 0 Å². The largest absolute Gasteiger partial charge is 0.207 e. The van der Waals surface area contributed by atoms with Gasteiger partial charge in [0.05, 0.1) is 0 Å². The Kier molecular flexibility index (Phi) is 52.1. The molecule has 0 heterocycles. The van der Waals surface area contributed by atoms with Crippen molar-refractivity contribution in [2.75, 3.05) is 0 Å². The molecule has 14 aliphatic carbocycles. The molecule has 5 aromatic carbocycles. The Hall–Kier alpha value is -5.03. The van der Waals surface area contributed by atoms with E-state index in [0.29, 0.717) is 35.2 Å². The summed E-state index contributed by atoms with van der Waals surface area (Å²) in [5, 5.41) is 0. The third kappa shape index (κ3) is 37.0. The van der Waals surface area contributed by atoms with Gasteiger partial charge in [0.1, 0.15) is 11.6 Å². The van der Waals surface area contributed by atoms with Crippen molar-refractivity contribution in [3.05, 3.63) is 203 Å². The lowest BCUT2D eigenvalue weighted by Crippen LogP contribution is -2.25. The average Bonchev–Trinajstić information content (AvgIpc) is 0.824. The highest BCUT2D eigenvalue weighted by Gasteiger charge is 2.40. The van der Waals surface area contributed by atoms with Gasteiger partial charge in [-0.25, -0.2) is 22.0 Å². The van der Waals surface area contributed by atoms with E-state index < -0.39 is 17.5 Å². The molecule has 5 heteroatoms. The van der Waals surface area contributed by atoms with Crippen molar-refractivity contribution < 1.29 is 22.0 Å². The van der Waals surface area contributed by atoms with Crippen LogP contribution in [0.25, 0.3) is 11.1 Å². The number of allylic oxidation sites excluding steroid dienone is 4. The Bertz CT molecular complexity index is 4470. The molecule has 19 rings (SSSR count). The Morgan fingerprint density at radius 1 is 0.227 bits per heavy atom. The van der Waals surface area contributed by atoms with Crippen molar-refractivity contribution in [1.82, 2.24) is 0 Å². The van der Waals surface area contributed by atoms with Gasteiger partial charge in [0, 0.05) is 0 Å². The monoisotopic (exact) mass is 2060 g/mol. The molecule has 0 saturated heterocycles. The molecule has 14 saturated carbocycles. The second kappa shape index (κ2) is 64.9. The number of benzene rings is 5. The maximum Gasteiger partial charge on any atom is 0.194 e. The molecule has 0 spiro atoms. The van der Waals surface area contributed by atoms with E-state index in [2.05, 4.69) is 160 Å². The first-order chi connectivity index (χ1) is 73.3. The summed E-state index contributed by atoms with van der Waals surface area (Å²) in [7, 11) is 0. The predicted octanol–water partition coefficient (Wildman–Crippen LogP) is 46.8. The fourth-order valence-electron chi connectivity index (χ4n) is 34.4. The van der Waals surface area contributed by atoms with Crippen molar-refractivity contribution in [1.29, 1.82) is 0 Å². The summed E-state index contributed by atoms with van der Waals surface area (Å²) >= 11 is 0.